The predicted octanol–water partition coefficient (Wildman–Crippen LogP) is 4.57. The molecule has 0 fully saturated rings. The molecule has 0 heterocycles. The first-order chi connectivity index (χ1) is 11.3. The van der Waals surface area contributed by atoms with Crippen LogP contribution in [0.5, 0.6) is 0 Å². The van der Waals surface area contributed by atoms with Crippen molar-refractivity contribution in [2.24, 2.45) is 0 Å². The molecule has 0 bridgehead atoms. The molecule has 8 heteroatoms. The van der Waals surface area contributed by atoms with Crippen LogP contribution >= 0.6 is 39.1 Å². The third kappa shape index (κ3) is 4.69. The van der Waals surface area contributed by atoms with Crippen molar-refractivity contribution in [1.29, 1.82) is 0 Å². The first kappa shape index (κ1) is 18.7. The number of carbonyl (C=O) groups excluding carboxylic acids is 2. The lowest BCUT2D eigenvalue weighted by molar-refractivity contribution is -0.115. The van der Waals surface area contributed by atoms with Crippen LogP contribution in [0.2, 0.25) is 10.0 Å². The van der Waals surface area contributed by atoms with Crippen LogP contribution in [0, 0.1) is 12.7 Å². The number of anilines is 1. The molecule has 0 unspecified atom stereocenters. The summed E-state index contributed by atoms with van der Waals surface area (Å²) in [6.07, 6.45) is 0. The van der Waals surface area contributed by atoms with Crippen molar-refractivity contribution in [3.05, 3.63) is 61.8 Å². The Balaban J connectivity index is 1.97. The molecule has 0 aliphatic rings. The van der Waals surface area contributed by atoms with Crippen molar-refractivity contribution in [2.45, 2.75) is 6.92 Å². The van der Waals surface area contributed by atoms with Gasteiger partial charge in [0.15, 0.2) is 0 Å². The second kappa shape index (κ2) is 7.96. The second-order valence-corrected chi connectivity index (χ2v) is 6.61. The normalized spacial score (nSPS) is 10.4. The Morgan fingerprint density at radius 1 is 1.17 bits per heavy atom. The molecule has 2 N–H and O–H groups in total. The number of amides is 2. The van der Waals surface area contributed by atoms with E-state index >= 15 is 0 Å². The summed E-state index contributed by atoms with van der Waals surface area (Å²) in [5.41, 5.74) is 1.47. The van der Waals surface area contributed by atoms with E-state index in [-0.39, 0.29) is 22.2 Å². The van der Waals surface area contributed by atoms with Gasteiger partial charge in [0, 0.05) is 10.2 Å². The van der Waals surface area contributed by atoms with Crippen LogP contribution in [-0.2, 0) is 4.79 Å². The van der Waals surface area contributed by atoms with Gasteiger partial charge in [0.1, 0.15) is 5.82 Å². The fraction of sp³-hybridized carbons (Fsp3) is 0.125. The first-order valence-corrected chi connectivity index (χ1v) is 8.31. The minimum absolute atomic E-state index is 0.00263. The van der Waals surface area contributed by atoms with Gasteiger partial charge in [-0.3, -0.25) is 9.59 Å². The van der Waals surface area contributed by atoms with Crippen LogP contribution in [0.1, 0.15) is 15.9 Å². The molecule has 0 atom stereocenters. The van der Waals surface area contributed by atoms with Gasteiger partial charge < -0.3 is 10.6 Å². The highest BCUT2D eigenvalue weighted by Gasteiger charge is 2.15. The Bertz CT molecular complexity index is 815. The number of hydrogen-bond donors (Lipinski definition) is 2. The van der Waals surface area contributed by atoms with Crippen molar-refractivity contribution >= 4 is 56.6 Å². The summed E-state index contributed by atoms with van der Waals surface area (Å²) >= 11 is 14.8. The zero-order chi connectivity index (χ0) is 17.9. The Hall–Kier alpha value is -1.63. The Morgan fingerprint density at radius 3 is 2.54 bits per heavy atom. The predicted molar refractivity (Wildman–Crippen MR) is 96.3 cm³/mol. The fourth-order valence-corrected chi connectivity index (χ4v) is 2.60. The van der Waals surface area contributed by atoms with Gasteiger partial charge in [-0.25, -0.2) is 4.39 Å². The van der Waals surface area contributed by atoms with Crippen molar-refractivity contribution in [3.8, 4) is 0 Å². The molecule has 24 heavy (non-hydrogen) atoms. The smallest absolute Gasteiger partial charge is 0.253 e. The highest BCUT2D eigenvalue weighted by Crippen LogP contribution is 2.24. The molecular formula is C16H12BrCl2FN2O2. The van der Waals surface area contributed by atoms with Gasteiger partial charge >= 0.3 is 0 Å². The third-order valence-electron chi connectivity index (χ3n) is 3.11. The van der Waals surface area contributed by atoms with E-state index in [0.717, 1.165) is 22.2 Å². The van der Waals surface area contributed by atoms with Crippen LogP contribution in [0.4, 0.5) is 10.1 Å². The number of hydrogen-bond acceptors (Lipinski definition) is 2. The zero-order valence-corrected chi connectivity index (χ0v) is 15.5. The number of halogens is 4. The van der Waals surface area contributed by atoms with Crippen LogP contribution < -0.4 is 10.6 Å². The molecule has 0 saturated carbocycles. The molecule has 0 aliphatic carbocycles. The molecule has 2 amide bonds. The summed E-state index contributed by atoms with van der Waals surface area (Å²) in [7, 11) is 0. The summed E-state index contributed by atoms with van der Waals surface area (Å²) < 4.78 is 14.3. The van der Waals surface area contributed by atoms with E-state index in [9.17, 15) is 14.0 Å². The van der Waals surface area contributed by atoms with E-state index in [0.29, 0.717) is 5.69 Å². The molecule has 0 saturated heterocycles. The van der Waals surface area contributed by atoms with Gasteiger partial charge in [0.25, 0.3) is 5.91 Å². The van der Waals surface area contributed by atoms with Gasteiger partial charge in [0.2, 0.25) is 5.91 Å². The highest BCUT2D eigenvalue weighted by atomic mass is 79.9. The van der Waals surface area contributed by atoms with Gasteiger partial charge in [-0.15, -0.1) is 0 Å². The summed E-state index contributed by atoms with van der Waals surface area (Å²) in [6, 6.07) is 7.38. The Morgan fingerprint density at radius 2 is 1.88 bits per heavy atom. The Kier molecular flexibility index (Phi) is 6.21. The molecule has 0 aliphatic heterocycles. The number of benzene rings is 2. The minimum Gasteiger partial charge on any atom is -0.343 e. The third-order valence-corrected chi connectivity index (χ3v) is 4.60. The monoisotopic (exact) mass is 432 g/mol. The van der Waals surface area contributed by atoms with Crippen LogP contribution in [0.25, 0.3) is 0 Å². The highest BCUT2D eigenvalue weighted by molar-refractivity contribution is 9.10. The molecule has 2 aromatic rings. The molecule has 0 spiro atoms. The number of rotatable bonds is 4. The van der Waals surface area contributed by atoms with E-state index in [1.165, 1.54) is 0 Å². The molecule has 2 aromatic carbocycles. The number of aryl methyl sites for hydroxylation is 1. The molecule has 0 aromatic heterocycles. The van der Waals surface area contributed by atoms with Crippen LogP contribution in [-0.4, -0.2) is 18.4 Å². The largest absolute Gasteiger partial charge is 0.343 e. The minimum atomic E-state index is -0.763. The topological polar surface area (TPSA) is 58.2 Å². The lowest BCUT2D eigenvalue weighted by Gasteiger charge is -2.09. The maximum absolute atomic E-state index is 13.4. The quantitative estimate of drug-likeness (QED) is 0.693. The van der Waals surface area contributed by atoms with Crippen LogP contribution in [0.15, 0.2) is 34.8 Å². The Labute approximate surface area is 156 Å². The van der Waals surface area contributed by atoms with Crippen molar-refractivity contribution in [3.63, 3.8) is 0 Å². The number of nitrogens with one attached hydrogen (secondary N) is 2. The second-order valence-electron chi connectivity index (χ2n) is 4.94. The lowest BCUT2D eigenvalue weighted by atomic mass is 10.2. The van der Waals surface area contributed by atoms with Gasteiger partial charge in [-0.05, 0) is 42.8 Å². The standard InChI is InChI=1S/C16H12BrCl2FN2O2/c1-8-4-9(2-3-11(8)17)22-15(23)7-21-16(24)10-5-14(20)13(19)6-12(10)18/h2-6H,7H2,1H3,(H,21,24)(H,22,23). The average Bonchev–Trinajstić information content (AvgIpc) is 2.52. The van der Waals surface area contributed by atoms with E-state index in [2.05, 4.69) is 26.6 Å². The maximum atomic E-state index is 13.4. The molecule has 4 nitrogen and oxygen atoms in total. The zero-order valence-electron chi connectivity index (χ0n) is 12.4. The van der Waals surface area contributed by atoms with Crippen molar-refractivity contribution < 1.29 is 14.0 Å². The molecular weight excluding hydrogens is 422 g/mol. The molecule has 2 rings (SSSR count). The van der Waals surface area contributed by atoms with Gasteiger partial charge in [-0.1, -0.05) is 39.1 Å². The molecule has 126 valence electrons. The average molecular weight is 434 g/mol. The van der Waals surface area contributed by atoms with E-state index in [4.69, 9.17) is 23.2 Å². The van der Waals surface area contributed by atoms with Crippen molar-refractivity contribution in [2.75, 3.05) is 11.9 Å². The fourth-order valence-electron chi connectivity index (χ4n) is 1.88. The maximum Gasteiger partial charge on any atom is 0.253 e. The van der Waals surface area contributed by atoms with E-state index < -0.39 is 17.6 Å². The summed E-state index contributed by atoms with van der Waals surface area (Å²) in [4.78, 5) is 23.9. The van der Waals surface area contributed by atoms with Gasteiger partial charge in [0.05, 0.1) is 22.2 Å². The molecule has 0 radical (unpaired) electrons. The SMILES string of the molecule is Cc1cc(NC(=O)CNC(=O)c2cc(F)c(Cl)cc2Cl)ccc1Br. The summed E-state index contributed by atoms with van der Waals surface area (Å²) in [5, 5.41) is 4.85. The van der Waals surface area contributed by atoms with E-state index in [1.54, 1.807) is 18.2 Å². The summed E-state index contributed by atoms with van der Waals surface area (Å²) in [5.74, 6) is -1.85. The van der Waals surface area contributed by atoms with Crippen LogP contribution in [0.3, 0.4) is 0 Å². The lowest BCUT2D eigenvalue weighted by Crippen LogP contribution is -2.33. The van der Waals surface area contributed by atoms with Gasteiger partial charge in [-0.2, -0.15) is 0 Å². The summed E-state index contributed by atoms with van der Waals surface area (Å²) in [6.45, 7) is 1.60. The van der Waals surface area contributed by atoms with Crippen molar-refractivity contribution in [1.82, 2.24) is 5.32 Å². The first-order valence-electron chi connectivity index (χ1n) is 6.76. The number of carbonyl (C=O) groups is 2. The van der Waals surface area contributed by atoms with E-state index in [1.807, 2.05) is 6.92 Å².